The van der Waals surface area contributed by atoms with Crippen LogP contribution < -0.4 is 5.32 Å². The van der Waals surface area contributed by atoms with Crippen molar-refractivity contribution in [2.45, 2.75) is 31.2 Å². The van der Waals surface area contributed by atoms with Crippen LogP contribution in [-0.2, 0) is 6.42 Å². The van der Waals surface area contributed by atoms with Crippen LogP contribution in [0.5, 0.6) is 0 Å². The molecule has 0 saturated carbocycles. The summed E-state index contributed by atoms with van der Waals surface area (Å²) in [6, 6.07) is 9.72. The molecule has 1 saturated heterocycles. The third kappa shape index (κ3) is 1.19. The topological polar surface area (TPSA) is 12.0 Å². The molecule has 1 heteroatoms. The number of benzene rings is 1. The number of fused-ring (bicyclic) bond motifs is 4. The van der Waals surface area contributed by atoms with Crippen LogP contribution >= 0.6 is 0 Å². The average Bonchev–Trinajstić information content (AvgIpc) is 2.18. The van der Waals surface area contributed by atoms with E-state index in [1.54, 1.807) is 11.1 Å². The Kier molecular flexibility index (Phi) is 1.66. The maximum absolute atomic E-state index is 3.59. The van der Waals surface area contributed by atoms with Crippen molar-refractivity contribution in [3.05, 3.63) is 35.4 Å². The van der Waals surface area contributed by atoms with Crippen LogP contribution in [0.2, 0.25) is 0 Å². The van der Waals surface area contributed by atoms with Crippen molar-refractivity contribution < 1.29 is 0 Å². The van der Waals surface area contributed by atoms with Gasteiger partial charge in [0.25, 0.3) is 0 Å². The molecule has 1 N–H and O–H groups in total. The van der Waals surface area contributed by atoms with E-state index < -0.39 is 0 Å². The van der Waals surface area contributed by atoms with Gasteiger partial charge in [0.05, 0.1) is 0 Å². The molecule has 0 amide bonds. The maximum atomic E-state index is 3.59. The van der Waals surface area contributed by atoms with E-state index in [1.165, 1.54) is 25.8 Å². The van der Waals surface area contributed by atoms with E-state index in [0.29, 0.717) is 0 Å². The van der Waals surface area contributed by atoms with Gasteiger partial charge in [0.2, 0.25) is 0 Å². The summed E-state index contributed by atoms with van der Waals surface area (Å²) in [6.07, 6.45) is 3.93. The highest BCUT2D eigenvalue weighted by molar-refractivity contribution is 5.34. The monoisotopic (exact) mass is 173 g/mol. The molecule has 2 atom stereocenters. The fraction of sp³-hybridized carbons (Fsp3) is 0.500. The molecular weight excluding hydrogens is 158 g/mol. The zero-order chi connectivity index (χ0) is 8.67. The SMILES string of the molecule is c1ccc2c(c1)C[C@H]1C[C@@H]2CCN1. The highest BCUT2D eigenvalue weighted by Gasteiger charge is 2.29. The molecule has 0 aromatic heterocycles. The predicted octanol–water partition coefficient (Wildman–Crippen LogP) is 2.08. The van der Waals surface area contributed by atoms with Gasteiger partial charge >= 0.3 is 0 Å². The van der Waals surface area contributed by atoms with Gasteiger partial charge in [0.15, 0.2) is 0 Å². The van der Waals surface area contributed by atoms with Crippen molar-refractivity contribution in [2.24, 2.45) is 0 Å². The Morgan fingerprint density at radius 3 is 3.15 bits per heavy atom. The predicted molar refractivity (Wildman–Crippen MR) is 53.9 cm³/mol. The molecule has 1 fully saturated rings. The first-order valence-corrected chi connectivity index (χ1v) is 5.24. The second-order valence-electron chi connectivity index (χ2n) is 4.28. The van der Waals surface area contributed by atoms with Gasteiger partial charge in [-0.25, -0.2) is 0 Å². The largest absolute Gasteiger partial charge is 0.314 e. The Morgan fingerprint density at radius 2 is 2.15 bits per heavy atom. The molecule has 1 nitrogen and oxygen atoms in total. The minimum absolute atomic E-state index is 0.758. The van der Waals surface area contributed by atoms with Crippen molar-refractivity contribution in [3.63, 3.8) is 0 Å². The maximum Gasteiger partial charge on any atom is 0.0113 e. The van der Waals surface area contributed by atoms with Gasteiger partial charge in [-0.1, -0.05) is 24.3 Å². The van der Waals surface area contributed by atoms with Crippen LogP contribution in [0, 0.1) is 0 Å². The third-order valence-corrected chi connectivity index (χ3v) is 3.46. The first-order valence-electron chi connectivity index (χ1n) is 5.24. The lowest BCUT2D eigenvalue weighted by Gasteiger charge is -2.36. The van der Waals surface area contributed by atoms with Crippen molar-refractivity contribution in [2.75, 3.05) is 6.54 Å². The van der Waals surface area contributed by atoms with Crippen LogP contribution in [0.3, 0.4) is 0 Å². The quantitative estimate of drug-likeness (QED) is 0.633. The van der Waals surface area contributed by atoms with Gasteiger partial charge in [0.1, 0.15) is 0 Å². The molecule has 3 rings (SSSR count). The number of hydrogen-bond acceptors (Lipinski definition) is 1. The molecule has 0 radical (unpaired) electrons. The molecule has 0 spiro atoms. The van der Waals surface area contributed by atoms with Crippen molar-refractivity contribution in [3.8, 4) is 0 Å². The van der Waals surface area contributed by atoms with E-state index in [4.69, 9.17) is 0 Å². The highest BCUT2D eigenvalue weighted by atomic mass is 14.9. The third-order valence-electron chi connectivity index (χ3n) is 3.46. The van der Waals surface area contributed by atoms with Gasteiger partial charge in [0, 0.05) is 6.04 Å². The Morgan fingerprint density at radius 1 is 1.23 bits per heavy atom. The first-order chi connectivity index (χ1) is 6.43. The summed E-state index contributed by atoms with van der Waals surface area (Å²) in [5.41, 5.74) is 3.20. The molecule has 13 heavy (non-hydrogen) atoms. The standard InChI is InChI=1S/C12H15N/c1-2-4-12-9(3-1)7-11-8-10(12)5-6-13-11/h1-4,10-11,13H,5-8H2/t10-,11-/m0/s1. The number of nitrogens with one attached hydrogen (secondary N) is 1. The second-order valence-corrected chi connectivity index (χ2v) is 4.28. The lowest BCUT2D eigenvalue weighted by molar-refractivity contribution is 0.339. The van der Waals surface area contributed by atoms with Crippen LogP contribution in [-0.4, -0.2) is 12.6 Å². The number of piperidine rings is 1. The zero-order valence-electron chi connectivity index (χ0n) is 7.79. The smallest absolute Gasteiger partial charge is 0.0113 e. The van der Waals surface area contributed by atoms with Gasteiger partial charge < -0.3 is 5.32 Å². The molecule has 1 aromatic rings. The van der Waals surface area contributed by atoms with Gasteiger partial charge in [-0.05, 0) is 42.9 Å². The lowest BCUT2D eigenvalue weighted by Crippen LogP contribution is -2.41. The Hall–Kier alpha value is -0.820. The Bertz CT molecular complexity index is 319. The molecule has 68 valence electrons. The molecular formula is C12H15N. The summed E-state index contributed by atoms with van der Waals surface area (Å²) in [7, 11) is 0. The highest BCUT2D eigenvalue weighted by Crippen LogP contribution is 2.35. The summed E-state index contributed by atoms with van der Waals surface area (Å²) in [4.78, 5) is 0. The molecule has 2 bridgehead atoms. The minimum atomic E-state index is 0.758. The summed E-state index contributed by atoms with van der Waals surface area (Å²) < 4.78 is 0. The fourth-order valence-electron chi connectivity index (χ4n) is 2.83. The fourth-order valence-corrected chi connectivity index (χ4v) is 2.83. The zero-order valence-corrected chi connectivity index (χ0v) is 7.79. The van der Waals surface area contributed by atoms with Crippen molar-refractivity contribution in [1.82, 2.24) is 5.32 Å². The van der Waals surface area contributed by atoms with E-state index in [1.807, 2.05) is 0 Å². The molecule has 1 aliphatic carbocycles. The molecule has 1 aromatic carbocycles. The van der Waals surface area contributed by atoms with Crippen molar-refractivity contribution in [1.29, 1.82) is 0 Å². The van der Waals surface area contributed by atoms with E-state index in [9.17, 15) is 0 Å². The van der Waals surface area contributed by atoms with Crippen LogP contribution in [0.25, 0.3) is 0 Å². The lowest BCUT2D eigenvalue weighted by atomic mass is 9.76. The number of rotatable bonds is 0. The summed E-state index contributed by atoms with van der Waals surface area (Å²) >= 11 is 0. The van der Waals surface area contributed by atoms with E-state index in [2.05, 4.69) is 29.6 Å². The van der Waals surface area contributed by atoms with E-state index in [-0.39, 0.29) is 0 Å². The van der Waals surface area contributed by atoms with Gasteiger partial charge in [-0.2, -0.15) is 0 Å². The summed E-state index contributed by atoms with van der Waals surface area (Å²) in [5, 5.41) is 3.59. The second kappa shape index (κ2) is 2.85. The van der Waals surface area contributed by atoms with Crippen LogP contribution in [0.1, 0.15) is 29.9 Å². The summed E-state index contributed by atoms with van der Waals surface area (Å²) in [5.74, 6) is 0.844. The summed E-state index contributed by atoms with van der Waals surface area (Å²) in [6.45, 7) is 1.21. The number of hydrogen-bond donors (Lipinski definition) is 1. The van der Waals surface area contributed by atoms with Crippen molar-refractivity contribution >= 4 is 0 Å². The average molecular weight is 173 g/mol. The van der Waals surface area contributed by atoms with Crippen LogP contribution in [0.15, 0.2) is 24.3 Å². The normalized spacial score (nSPS) is 31.1. The van der Waals surface area contributed by atoms with Gasteiger partial charge in [-0.15, -0.1) is 0 Å². The molecule has 1 heterocycles. The first kappa shape index (κ1) is 7.57. The molecule has 2 aliphatic rings. The van der Waals surface area contributed by atoms with Crippen LogP contribution in [0.4, 0.5) is 0 Å². The Balaban J connectivity index is 2.06. The molecule has 1 aliphatic heterocycles. The van der Waals surface area contributed by atoms with Gasteiger partial charge in [-0.3, -0.25) is 0 Å². The minimum Gasteiger partial charge on any atom is -0.314 e. The Labute approximate surface area is 79.2 Å². The van der Waals surface area contributed by atoms with E-state index in [0.717, 1.165) is 12.0 Å². The van der Waals surface area contributed by atoms with E-state index >= 15 is 0 Å². The molecule has 0 unspecified atom stereocenters.